The van der Waals surface area contributed by atoms with Crippen LogP contribution < -0.4 is 0 Å². The van der Waals surface area contributed by atoms with Crippen molar-refractivity contribution in [1.82, 2.24) is 0 Å². The SMILES string of the molecule is CCP(O)(S)(CC)OCCC[Si](C)(OC)OC. The number of hydrogen-bond acceptors (Lipinski definition) is 5. The van der Waals surface area contributed by atoms with E-state index < -0.39 is 14.8 Å². The molecule has 0 spiro atoms. The Bertz CT molecular complexity index is 228. The normalized spacial score (nSPS) is 15.6. The summed E-state index contributed by atoms with van der Waals surface area (Å²) in [5.74, 6) is 0. The Labute approximate surface area is 112 Å². The van der Waals surface area contributed by atoms with Gasteiger partial charge in [-0.3, -0.25) is 0 Å². The van der Waals surface area contributed by atoms with Gasteiger partial charge in [0.25, 0.3) is 0 Å². The van der Waals surface area contributed by atoms with E-state index in [0.29, 0.717) is 18.9 Å². The second-order valence-electron chi connectivity index (χ2n) is 4.41. The zero-order valence-corrected chi connectivity index (χ0v) is 14.4. The fourth-order valence-corrected chi connectivity index (χ4v) is 4.33. The molecule has 7 heteroatoms. The third-order valence-corrected chi connectivity index (χ3v) is 11.7. The minimum atomic E-state index is -3.15. The fourth-order valence-electron chi connectivity index (χ4n) is 1.36. The van der Waals surface area contributed by atoms with Crippen LogP contribution in [0.1, 0.15) is 20.3 Å². The molecule has 17 heavy (non-hydrogen) atoms. The Hall–Kier alpha value is 0.837. The van der Waals surface area contributed by atoms with Crippen molar-refractivity contribution < 1.29 is 18.3 Å². The summed E-state index contributed by atoms with van der Waals surface area (Å²) in [5, 5.41) is 0. The molecule has 0 heterocycles. The maximum absolute atomic E-state index is 10.4. The molecule has 0 atom stereocenters. The number of hydrogen-bond donors (Lipinski definition) is 2. The minimum absolute atomic E-state index is 0.509. The van der Waals surface area contributed by atoms with E-state index >= 15 is 0 Å². The molecule has 0 aromatic rings. The monoisotopic (exact) mass is 302 g/mol. The average Bonchev–Trinajstić information content (AvgIpc) is 2.35. The van der Waals surface area contributed by atoms with Gasteiger partial charge in [0, 0.05) is 0 Å². The summed E-state index contributed by atoms with van der Waals surface area (Å²) in [5.41, 5.74) is 0. The summed E-state index contributed by atoms with van der Waals surface area (Å²) in [4.78, 5) is 10.4. The molecule has 0 saturated carbocycles. The first-order valence-corrected chi connectivity index (χ1v) is 12.1. The van der Waals surface area contributed by atoms with Gasteiger partial charge in [-0.25, -0.2) is 0 Å². The van der Waals surface area contributed by atoms with Gasteiger partial charge in [-0.05, 0) is 0 Å². The molecule has 0 aromatic carbocycles. The molecule has 0 aliphatic rings. The summed E-state index contributed by atoms with van der Waals surface area (Å²) in [7, 11) is 1.35. The zero-order valence-electron chi connectivity index (χ0n) is 11.6. The van der Waals surface area contributed by atoms with Crippen molar-refractivity contribution in [2.75, 3.05) is 33.2 Å². The van der Waals surface area contributed by atoms with Gasteiger partial charge in [-0.1, -0.05) is 0 Å². The molecule has 0 aliphatic carbocycles. The van der Waals surface area contributed by atoms with Crippen LogP contribution in [0.4, 0.5) is 0 Å². The second-order valence-corrected chi connectivity index (χ2v) is 14.8. The fraction of sp³-hybridized carbons (Fsp3) is 1.00. The molecule has 0 fully saturated rings. The summed E-state index contributed by atoms with van der Waals surface area (Å²) >= 11 is 4.38. The first-order valence-electron chi connectivity index (χ1n) is 6.00. The summed E-state index contributed by atoms with van der Waals surface area (Å²) < 4.78 is 16.4. The maximum atomic E-state index is 10.4. The van der Waals surface area contributed by atoms with E-state index in [1.54, 1.807) is 14.2 Å². The number of thiol groups is 1. The van der Waals surface area contributed by atoms with Gasteiger partial charge < -0.3 is 0 Å². The van der Waals surface area contributed by atoms with Gasteiger partial charge >= 0.3 is 111 Å². The molecular formula is C10H27O4PSSi. The Morgan fingerprint density at radius 1 is 1.18 bits per heavy atom. The topological polar surface area (TPSA) is 47.9 Å². The van der Waals surface area contributed by atoms with E-state index in [2.05, 4.69) is 12.2 Å². The predicted molar refractivity (Wildman–Crippen MR) is 80.2 cm³/mol. The molecule has 0 saturated heterocycles. The van der Waals surface area contributed by atoms with Crippen molar-refractivity contribution in [1.29, 1.82) is 0 Å². The van der Waals surface area contributed by atoms with Gasteiger partial charge in [0.2, 0.25) is 0 Å². The van der Waals surface area contributed by atoms with Crippen molar-refractivity contribution in [2.24, 2.45) is 0 Å². The van der Waals surface area contributed by atoms with E-state index in [0.717, 1.165) is 12.5 Å². The first kappa shape index (κ1) is 17.8. The third-order valence-electron chi connectivity index (χ3n) is 3.30. The van der Waals surface area contributed by atoms with Crippen LogP contribution in [-0.2, 0) is 13.4 Å². The van der Waals surface area contributed by atoms with E-state index in [9.17, 15) is 4.89 Å². The summed E-state index contributed by atoms with van der Waals surface area (Å²) in [6, 6.07) is 0.855. The molecule has 106 valence electrons. The van der Waals surface area contributed by atoms with Crippen LogP contribution in [0.3, 0.4) is 0 Å². The van der Waals surface area contributed by atoms with Crippen molar-refractivity contribution in [3.8, 4) is 0 Å². The first-order chi connectivity index (χ1) is 7.73. The Balaban J connectivity index is 4.08. The average molecular weight is 302 g/mol. The van der Waals surface area contributed by atoms with Crippen LogP contribution in [-0.4, -0.2) is 46.6 Å². The van der Waals surface area contributed by atoms with Gasteiger partial charge in [-0.2, -0.15) is 0 Å². The molecule has 0 aliphatic heterocycles. The molecule has 0 aromatic heterocycles. The molecule has 0 radical (unpaired) electrons. The molecule has 1 N–H and O–H groups in total. The molecule has 0 rings (SSSR count). The van der Waals surface area contributed by atoms with Gasteiger partial charge in [0.05, 0.1) is 0 Å². The summed E-state index contributed by atoms with van der Waals surface area (Å²) in [6.45, 7) is 6.36. The quantitative estimate of drug-likeness (QED) is 0.297. The number of rotatable bonds is 9. The van der Waals surface area contributed by atoms with Crippen molar-refractivity contribution in [2.45, 2.75) is 32.9 Å². The second kappa shape index (κ2) is 6.85. The van der Waals surface area contributed by atoms with Crippen LogP contribution >= 0.6 is 18.5 Å². The van der Waals surface area contributed by atoms with E-state index in [4.69, 9.17) is 13.4 Å². The van der Waals surface area contributed by atoms with Crippen molar-refractivity contribution >= 4 is 27.1 Å². The molecule has 0 unspecified atom stereocenters. The molecular weight excluding hydrogens is 275 g/mol. The molecule has 0 amide bonds. The van der Waals surface area contributed by atoms with Crippen LogP contribution in [0, 0.1) is 0 Å². The van der Waals surface area contributed by atoms with Crippen LogP contribution in [0.2, 0.25) is 12.6 Å². The van der Waals surface area contributed by atoms with Crippen LogP contribution in [0.15, 0.2) is 0 Å². The molecule has 0 bridgehead atoms. The standard InChI is InChI=1S/C10H27O4PSSi/c1-6-15(11,16,7-2)14-9-8-10-17(5,12-3)13-4/h11,16H,6-10H2,1-5H3. The molecule has 4 nitrogen and oxygen atoms in total. The van der Waals surface area contributed by atoms with Gasteiger partial charge in [0.1, 0.15) is 0 Å². The van der Waals surface area contributed by atoms with Gasteiger partial charge in [0.15, 0.2) is 0 Å². The Kier molecular flexibility index (Phi) is 7.18. The van der Waals surface area contributed by atoms with Gasteiger partial charge in [-0.15, -0.1) is 0 Å². The summed E-state index contributed by atoms with van der Waals surface area (Å²) in [6.07, 6.45) is -1.17. The van der Waals surface area contributed by atoms with E-state index in [-0.39, 0.29) is 0 Å². The van der Waals surface area contributed by atoms with E-state index in [1.165, 1.54) is 0 Å². The van der Waals surface area contributed by atoms with Crippen LogP contribution in [0.5, 0.6) is 0 Å². The van der Waals surface area contributed by atoms with Crippen LogP contribution in [0.25, 0.3) is 0 Å². The third kappa shape index (κ3) is 6.01. The Morgan fingerprint density at radius 2 is 1.65 bits per heavy atom. The Morgan fingerprint density at radius 3 is 2.00 bits per heavy atom. The zero-order chi connectivity index (χ0) is 13.6. The van der Waals surface area contributed by atoms with Crippen molar-refractivity contribution in [3.63, 3.8) is 0 Å². The van der Waals surface area contributed by atoms with Crippen molar-refractivity contribution in [3.05, 3.63) is 0 Å². The van der Waals surface area contributed by atoms with E-state index in [1.807, 2.05) is 20.4 Å². The predicted octanol–water partition coefficient (Wildman–Crippen LogP) is 3.02.